The molecule has 0 spiro atoms. The zero-order valence-electron chi connectivity index (χ0n) is 24.1. The van der Waals surface area contributed by atoms with Crippen molar-refractivity contribution in [3.8, 4) is 0 Å². The number of rotatable bonds is 2. The predicted molar refractivity (Wildman–Crippen MR) is 191 cm³/mol. The Bertz CT molecular complexity index is 2870. The Labute approximate surface area is 262 Å². The van der Waals surface area contributed by atoms with Crippen LogP contribution in [0.3, 0.4) is 0 Å². The van der Waals surface area contributed by atoms with Gasteiger partial charge < -0.3 is 19.1 Å². The lowest BCUT2D eigenvalue weighted by Gasteiger charge is -2.07. The molecular formula is C40H25ClN4. The van der Waals surface area contributed by atoms with Crippen LogP contribution in [-0.4, -0.2) is 13.8 Å². The highest BCUT2D eigenvalue weighted by molar-refractivity contribution is 6.33. The summed E-state index contributed by atoms with van der Waals surface area (Å²) >= 11 is 6.29. The molecule has 0 aliphatic rings. The summed E-state index contributed by atoms with van der Waals surface area (Å²) in [6, 6.07) is 48.8. The molecule has 5 heteroatoms. The number of nitrogens with zero attached hydrogens (tertiary/aromatic N) is 2. The fourth-order valence-corrected chi connectivity index (χ4v) is 7.60. The average molecular weight is 597 g/mol. The number of hydrogen-bond acceptors (Lipinski definition) is 1. The third-order valence-corrected chi connectivity index (χ3v) is 9.61. The summed E-state index contributed by atoms with van der Waals surface area (Å²) < 4.78 is 4.71. The molecule has 7 heterocycles. The Kier molecular flexibility index (Phi) is 5.02. The van der Waals surface area contributed by atoms with E-state index in [4.69, 9.17) is 11.6 Å². The van der Waals surface area contributed by atoms with E-state index >= 15 is 0 Å². The molecule has 0 aliphatic carbocycles. The maximum atomic E-state index is 6.29. The molecule has 0 atom stereocenters. The van der Waals surface area contributed by atoms with E-state index in [1.54, 1.807) is 0 Å². The van der Waals surface area contributed by atoms with Crippen LogP contribution in [0, 0.1) is 0 Å². The molecule has 0 unspecified atom stereocenters. The quantitative estimate of drug-likeness (QED) is 0.204. The van der Waals surface area contributed by atoms with Crippen molar-refractivity contribution in [2.24, 2.45) is 0 Å². The lowest BCUT2D eigenvalue weighted by atomic mass is 10.1. The number of para-hydroxylation sites is 2. The zero-order chi connectivity index (χ0) is 29.6. The molecular weight excluding hydrogens is 572 g/mol. The van der Waals surface area contributed by atoms with Gasteiger partial charge in [0.2, 0.25) is 0 Å². The van der Waals surface area contributed by atoms with E-state index < -0.39 is 0 Å². The second-order valence-electron chi connectivity index (χ2n) is 11.7. The van der Waals surface area contributed by atoms with Gasteiger partial charge in [-0.25, -0.2) is 0 Å². The van der Waals surface area contributed by atoms with E-state index in [0.717, 1.165) is 21.9 Å². The number of aromatic amines is 1. The number of anilines is 2. The van der Waals surface area contributed by atoms with E-state index in [0.29, 0.717) is 0 Å². The first-order valence-electron chi connectivity index (χ1n) is 15.2. The fraction of sp³-hybridized carbons (Fsp3) is 0. The molecule has 0 saturated carbocycles. The molecule has 7 aromatic heterocycles. The molecule has 0 fully saturated rings. The summed E-state index contributed by atoms with van der Waals surface area (Å²) in [6.45, 7) is 0. The molecule has 45 heavy (non-hydrogen) atoms. The topological polar surface area (TPSA) is 36.6 Å². The summed E-state index contributed by atoms with van der Waals surface area (Å²) in [6.07, 6.45) is 0. The van der Waals surface area contributed by atoms with Gasteiger partial charge in [-0.05, 0) is 48.5 Å². The van der Waals surface area contributed by atoms with Crippen LogP contribution in [0.2, 0.25) is 5.02 Å². The van der Waals surface area contributed by atoms with Crippen molar-refractivity contribution in [1.29, 1.82) is 0 Å². The van der Waals surface area contributed by atoms with Gasteiger partial charge in [0.05, 0.1) is 55.0 Å². The van der Waals surface area contributed by atoms with Gasteiger partial charge in [0, 0.05) is 37.8 Å². The summed E-state index contributed by atoms with van der Waals surface area (Å²) in [5.74, 6) is 0. The molecule has 0 saturated heterocycles. The highest BCUT2D eigenvalue weighted by Gasteiger charge is 2.20. The Hall–Kier alpha value is -5.71. The Morgan fingerprint density at radius 2 is 1.04 bits per heavy atom. The molecule has 4 aromatic carbocycles. The van der Waals surface area contributed by atoms with Crippen LogP contribution < -0.4 is 5.32 Å². The number of fused-ring (bicyclic) bond motifs is 11. The van der Waals surface area contributed by atoms with Gasteiger partial charge in [-0.15, -0.1) is 0 Å². The van der Waals surface area contributed by atoms with Gasteiger partial charge in [-0.1, -0.05) is 103 Å². The van der Waals surface area contributed by atoms with Crippen molar-refractivity contribution in [3.05, 3.63) is 145 Å². The first-order chi connectivity index (χ1) is 22.3. The highest BCUT2D eigenvalue weighted by atomic mass is 35.5. The highest BCUT2D eigenvalue weighted by Crippen LogP contribution is 2.42. The minimum absolute atomic E-state index is 0.724. The maximum Gasteiger partial charge on any atom is 0.0731 e. The second kappa shape index (κ2) is 9.15. The molecule has 0 radical (unpaired) electrons. The van der Waals surface area contributed by atoms with E-state index in [1.807, 2.05) is 24.3 Å². The van der Waals surface area contributed by atoms with E-state index in [2.05, 4.69) is 134 Å². The van der Waals surface area contributed by atoms with Crippen LogP contribution >= 0.6 is 11.6 Å². The minimum Gasteiger partial charge on any atom is -0.353 e. The molecule has 0 bridgehead atoms. The number of nitrogens with one attached hydrogen (secondary N) is 2. The van der Waals surface area contributed by atoms with Gasteiger partial charge in [0.15, 0.2) is 0 Å². The van der Waals surface area contributed by atoms with Crippen LogP contribution in [0.25, 0.3) is 76.5 Å². The van der Waals surface area contributed by atoms with Gasteiger partial charge >= 0.3 is 0 Å². The van der Waals surface area contributed by atoms with Crippen LogP contribution in [-0.2, 0) is 0 Å². The SMILES string of the molecule is Clc1ccccc1Nc1cc2c3ccccc3c3cccc1n32.c1ccc2c(c1)[nH]c1c2c2c3ccccc3c3cccc1n32. The smallest absolute Gasteiger partial charge is 0.0731 e. The normalized spacial score (nSPS) is 12.1. The second-order valence-corrected chi connectivity index (χ2v) is 12.1. The molecule has 0 amide bonds. The summed E-state index contributed by atoms with van der Waals surface area (Å²) in [7, 11) is 0. The first kappa shape index (κ1) is 24.7. The predicted octanol–water partition coefficient (Wildman–Crippen LogP) is 11.4. The van der Waals surface area contributed by atoms with E-state index in [-0.39, 0.29) is 0 Å². The minimum atomic E-state index is 0.724. The molecule has 0 aliphatic heterocycles. The number of benzene rings is 4. The van der Waals surface area contributed by atoms with Crippen molar-refractivity contribution in [3.63, 3.8) is 0 Å². The maximum absolute atomic E-state index is 6.29. The molecule has 11 aromatic rings. The Morgan fingerprint density at radius 3 is 1.82 bits per heavy atom. The number of aromatic nitrogens is 3. The van der Waals surface area contributed by atoms with Crippen LogP contribution in [0.1, 0.15) is 0 Å². The zero-order valence-corrected chi connectivity index (χ0v) is 24.8. The van der Waals surface area contributed by atoms with Gasteiger partial charge in [-0.3, -0.25) is 0 Å². The van der Waals surface area contributed by atoms with Crippen LogP contribution in [0.5, 0.6) is 0 Å². The molecule has 11 rings (SSSR count). The van der Waals surface area contributed by atoms with Crippen molar-refractivity contribution < 1.29 is 0 Å². The third kappa shape index (κ3) is 3.37. The van der Waals surface area contributed by atoms with Crippen LogP contribution in [0.15, 0.2) is 140 Å². The number of halogens is 1. The lowest BCUT2D eigenvalue weighted by Crippen LogP contribution is -1.91. The molecule has 2 N–H and O–H groups in total. The van der Waals surface area contributed by atoms with Gasteiger partial charge in [0.1, 0.15) is 0 Å². The van der Waals surface area contributed by atoms with Gasteiger partial charge in [0.25, 0.3) is 0 Å². The fourth-order valence-electron chi connectivity index (χ4n) is 7.42. The van der Waals surface area contributed by atoms with Crippen LogP contribution in [0.4, 0.5) is 11.4 Å². The van der Waals surface area contributed by atoms with Crippen molar-refractivity contribution in [2.75, 3.05) is 5.32 Å². The van der Waals surface area contributed by atoms with Crippen molar-refractivity contribution in [1.82, 2.24) is 13.8 Å². The summed E-state index contributed by atoms with van der Waals surface area (Å²) in [4.78, 5) is 3.61. The van der Waals surface area contributed by atoms with Crippen molar-refractivity contribution in [2.45, 2.75) is 0 Å². The Morgan fingerprint density at radius 1 is 0.467 bits per heavy atom. The molecule has 4 nitrogen and oxygen atoms in total. The third-order valence-electron chi connectivity index (χ3n) is 9.28. The van der Waals surface area contributed by atoms with Gasteiger partial charge in [-0.2, -0.15) is 0 Å². The Balaban J connectivity index is 0.000000118. The monoisotopic (exact) mass is 596 g/mol. The largest absolute Gasteiger partial charge is 0.353 e. The standard InChI is InChI=1S/C20H13ClN2.C20H12N2/c21-15-8-3-4-9-16(15)22-17-12-20-14-7-2-1-6-13(14)18-10-5-11-19(17)23(18)20;1-2-7-13-12(6-1)16-10-5-11-17-19-18(20(13)22(16)17)14-8-3-4-9-15(14)21-19/h1-12,22H;1-11,21H. The molecule has 212 valence electrons. The first-order valence-corrected chi connectivity index (χ1v) is 15.5. The average Bonchev–Trinajstić information content (AvgIpc) is 3.88. The lowest BCUT2D eigenvalue weighted by molar-refractivity contribution is 1.35. The summed E-state index contributed by atoms with van der Waals surface area (Å²) in [5, 5.41) is 12.1. The number of pyridine rings is 2. The van der Waals surface area contributed by atoms with E-state index in [9.17, 15) is 0 Å². The summed E-state index contributed by atoms with van der Waals surface area (Å²) in [5.41, 5.74) is 11.9. The van der Waals surface area contributed by atoms with Crippen molar-refractivity contribution >= 4 is 99.4 Å². The van der Waals surface area contributed by atoms with E-state index in [1.165, 1.54) is 70.9 Å². The number of hydrogen-bond donors (Lipinski definition) is 2. The number of H-pyrrole nitrogens is 1.